The standard InChI is InChI=1S/C22H24N2O5/c1-13(24-20(26)16-9-5-6-10-17(16)21(24)27)22(28)29-18(14-7-3-2-4-8-14)19(25)23-15-11-12-15/h2-8,13,15-18H,9-12H2,1H3,(H,23,25)/t13-,16-,17+,18+/m0/s1. The molecular weight excluding hydrogens is 372 g/mol. The summed E-state index contributed by atoms with van der Waals surface area (Å²) in [6.07, 6.45) is 5.49. The van der Waals surface area contributed by atoms with Crippen molar-refractivity contribution in [3.05, 3.63) is 48.0 Å². The minimum Gasteiger partial charge on any atom is -0.446 e. The number of esters is 1. The van der Waals surface area contributed by atoms with Gasteiger partial charge in [-0.15, -0.1) is 0 Å². The van der Waals surface area contributed by atoms with E-state index in [1.165, 1.54) is 6.92 Å². The summed E-state index contributed by atoms with van der Waals surface area (Å²) in [4.78, 5) is 52.0. The normalized spacial score (nSPS) is 25.3. The van der Waals surface area contributed by atoms with Crippen molar-refractivity contribution in [1.29, 1.82) is 0 Å². The monoisotopic (exact) mass is 396 g/mol. The molecule has 4 rings (SSSR count). The smallest absolute Gasteiger partial charge is 0.330 e. The molecule has 1 saturated heterocycles. The van der Waals surface area contributed by atoms with E-state index in [0.717, 1.165) is 17.7 Å². The quantitative estimate of drug-likeness (QED) is 0.450. The van der Waals surface area contributed by atoms with Crippen molar-refractivity contribution >= 4 is 23.7 Å². The molecule has 1 saturated carbocycles. The van der Waals surface area contributed by atoms with Crippen LogP contribution in [0.4, 0.5) is 0 Å². The molecule has 1 aromatic rings. The molecular formula is C22H24N2O5. The molecule has 152 valence electrons. The van der Waals surface area contributed by atoms with Gasteiger partial charge in [0.05, 0.1) is 11.8 Å². The Hall–Kier alpha value is -2.96. The summed E-state index contributed by atoms with van der Waals surface area (Å²) in [5, 5.41) is 2.85. The highest BCUT2D eigenvalue weighted by Gasteiger charge is 2.50. The van der Waals surface area contributed by atoms with Crippen LogP contribution in [-0.4, -0.2) is 40.7 Å². The number of hydrogen-bond acceptors (Lipinski definition) is 5. The number of likely N-dealkylation sites (tertiary alicyclic amines) is 1. The number of amides is 3. The Morgan fingerprint density at radius 2 is 1.62 bits per heavy atom. The number of hydrogen-bond donors (Lipinski definition) is 1. The Morgan fingerprint density at radius 1 is 1.03 bits per heavy atom. The number of carbonyl (C=O) groups excluding carboxylic acids is 4. The third-order valence-corrected chi connectivity index (χ3v) is 5.77. The number of benzene rings is 1. The van der Waals surface area contributed by atoms with Crippen LogP contribution in [-0.2, 0) is 23.9 Å². The first-order valence-electron chi connectivity index (χ1n) is 10.0. The first-order chi connectivity index (χ1) is 14.0. The maximum absolute atomic E-state index is 12.9. The van der Waals surface area contributed by atoms with Crippen LogP contribution in [0.2, 0.25) is 0 Å². The fourth-order valence-electron chi connectivity index (χ4n) is 3.93. The van der Waals surface area contributed by atoms with Crippen molar-refractivity contribution in [1.82, 2.24) is 10.2 Å². The Kier molecular flexibility index (Phi) is 5.22. The summed E-state index contributed by atoms with van der Waals surface area (Å²) >= 11 is 0. The number of carbonyl (C=O) groups is 4. The van der Waals surface area contributed by atoms with Gasteiger partial charge in [0.2, 0.25) is 17.9 Å². The Bertz CT molecular complexity index is 835. The van der Waals surface area contributed by atoms with E-state index in [4.69, 9.17) is 4.74 Å². The van der Waals surface area contributed by atoms with Gasteiger partial charge in [-0.2, -0.15) is 0 Å². The number of nitrogens with one attached hydrogen (secondary N) is 1. The zero-order chi connectivity index (χ0) is 20.5. The molecule has 4 atom stereocenters. The zero-order valence-corrected chi connectivity index (χ0v) is 16.2. The molecule has 0 unspecified atom stereocenters. The second-order valence-corrected chi connectivity index (χ2v) is 7.89. The minimum atomic E-state index is -1.12. The predicted molar refractivity (Wildman–Crippen MR) is 103 cm³/mol. The fraction of sp³-hybridized carbons (Fsp3) is 0.455. The summed E-state index contributed by atoms with van der Waals surface area (Å²) in [6.45, 7) is 1.48. The molecule has 1 heterocycles. The molecule has 0 spiro atoms. The van der Waals surface area contributed by atoms with Gasteiger partial charge in [0.25, 0.3) is 5.91 Å². The molecule has 0 bridgehead atoms. The van der Waals surface area contributed by atoms with Gasteiger partial charge in [-0.1, -0.05) is 42.5 Å². The number of nitrogens with zero attached hydrogens (tertiary/aromatic N) is 1. The summed E-state index contributed by atoms with van der Waals surface area (Å²) in [6, 6.07) is 7.77. The van der Waals surface area contributed by atoms with Crippen LogP contribution in [0.5, 0.6) is 0 Å². The molecule has 3 amide bonds. The zero-order valence-electron chi connectivity index (χ0n) is 16.2. The Labute approximate surface area is 169 Å². The van der Waals surface area contributed by atoms with Crippen LogP contribution in [0, 0.1) is 11.8 Å². The van der Waals surface area contributed by atoms with Gasteiger partial charge in [0.15, 0.2) is 0 Å². The number of allylic oxidation sites excluding steroid dienone is 2. The predicted octanol–water partition coefficient (Wildman–Crippen LogP) is 1.89. The first-order valence-corrected chi connectivity index (χ1v) is 10.0. The number of rotatable bonds is 6. The first kappa shape index (κ1) is 19.4. The molecule has 0 radical (unpaired) electrons. The van der Waals surface area contributed by atoms with Crippen molar-refractivity contribution in [3.8, 4) is 0 Å². The number of imide groups is 1. The van der Waals surface area contributed by atoms with Crippen LogP contribution in [0.25, 0.3) is 0 Å². The van der Waals surface area contributed by atoms with Gasteiger partial charge in [0, 0.05) is 11.6 Å². The van der Waals surface area contributed by atoms with Crippen molar-refractivity contribution in [2.24, 2.45) is 11.8 Å². The summed E-state index contributed by atoms with van der Waals surface area (Å²) in [7, 11) is 0. The second kappa shape index (κ2) is 7.81. The third-order valence-electron chi connectivity index (χ3n) is 5.77. The van der Waals surface area contributed by atoms with E-state index in [1.807, 2.05) is 12.2 Å². The SMILES string of the molecule is C[C@@H](C(=O)O[C@@H](C(=O)NC1CC1)c1ccccc1)N1C(=O)[C@H]2CC=CC[C@H]2C1=O. The Balaban J connectivity index is 1.50. The van der Waals surface area contributed by atoms with E-state index in [-0.39, 0.29) is 17.9 Å². The second-order valence-electron chi connectivity index (χ2n) is 7.89. The largest absolute Gasteiger partial charge is 0.446 e. The van der Waals surface area contributed by atoms with E-state index in [0.29, 0.717) is 18.4 Å². The highest BCUT2D eigenvalue weighted by Crippen LogP contribution is 2.36. The van der Waals surface area contributed by atoms with Crippen molar-refractivity contribution < 1.29 is 23.9 Å². The lowest BCUT2D eigenvalue weighted by Crippen LogP contribution is -2.45. The van der Waals surface area contributed by atoms with Crippen LogP contribution < -0.4 is 5.32 Å². The molecule has 2 aliphatic carbocycles. The highest BCUT2D eigenvalue weighted by atomic mass is 16.5. The van der Waals surface area contributed by atoms with Gasteiger partial charge < -0.3 is 10.1 Å². The van der Waals surface area contributed by atoms with Crippen LogP contribution in [0.1, 0.15) is 44.3 Å². The van der Waals surface area contributed by atoms with E-state index in [2.05, 4.69) is 5.32 Å². The van der Waals surface area contributed by atoms with Gasteiger partial charge in [0.1, 0.15) is 6.04 Å². The lowest BCUT2D eigenvalue weighted by atomic mass is 9.85. The lowest BCUT2D eigenvalue weighted by molar-refractivity contribution is -0.165. The maximum atomic E-state index is 12.9. The highest BCUT2D eigenvalue weighted by molar-refractivity contribution is 6.08. The molecule has 1 N–H and O–H groups in total. The van der Waals surface area contributed by atoms with Crippen LogP contribution in [0.3, 0.4) is 0 Å². The molecule has 29 heavy (non-hydrogen) atoms. The summed E-state index contributed by atoms with van der Waals surface area (Å²) < 4.78 is 5.54. The van der Waals surface area contributed by atoms with Crippen molar-refractivity contribution in [2.75, 3.05) is 0 Å². The van der Waals surface area contributed by atoms with Gasteiger partial charge in [-0.3, -0.25) is 19.3 Å². The van der Waals surface area contributed by atoms with Crippen molar-refractivity contribution in [3.63, 3.8) is 0 Å². The third kappa shape index (κ3) is 3.81. The van der Waals surface area contributed by atoms with Crippen molar-refractivity contribution in [2.45, 2.75) is 50.8 Å². The molecule has 7 nitrogen and oxygen atoms in total. The van der Waals surface area contributed by atoms with Gasteiger partial charge in [-0.25, -0.2) is 4.79 Å². The van der Waals surface area contributed by atoms with Crippen LogP contribution >= 0.6 is 0 Å². The Morgan fingerprint density at radius 3 is 2.17 bits per heavy atom. The average molecular weight is 396 g/mol. The van der Waals surface area contributed by atoms with Crippen LogP contribution in [0.15, 0.2) is 42.5 Å². The van der Waals surface area contributed by atoms with E-state index in [1.54, 1.807) is 30.3 Å². The topological polar surface area (TPSA) is 92.8 Å². The maximum Gasteiger partial charge on any atom is 0.330 e. The molecule has 3 aliphatic rings. The molecule has 7 heteroatoms. The average Bonchev–Trinajstić information content (AvgIpc) is 3.51. The number of ether oxygens (including phenoxy) is 1. The lowest BCUT2D eigenvalue weighted by Gasteiger charge is -2.24. The summed E-state index contributed by atoms with van der Waals surface area (Å²) in [5.74, 6) is -2.66. The molecule has 1 aromatic carbocycles. The van der Waals surface area contributed by atoms with Gasteiger partial charge >= 0.3 is 5.97 Å². The fourth-order valence-corrected chi connectivity index (χ4v) is 3.93. The van der Waals surface area contributed by atoms with E-state index < -0.39 is 35.9 Å². The molecule has 0 aromatic heterocycles. The summed E-state index contributed by atoms with van der Waals surface area (Å²) in [5.41, 5.74) is 0.545. The molecule has 2 fully saturated rings. The minimum absolute atomic E-state index is 0.113. The van der Waals surface area contributed by atoms with Gasteiger partial charge in [-0.05, 0) is 32.6 Å². The molecule has 1 aliphatic heterocycles. The van der Waals surface area contributed by atoms with E-state index in [9.17, 15) is 19.2 Å². The van der Waals surface area contributed by atoms with E-state index >= 15 is 0 Å². The number of fused-ring (bicyclic) bond motifs is 1.